The Hall–Kier alpha value is -4.34. The molecule has 261 valence electrons. The van der Waals surface area contributed by atoms with Gasteiger partial charge in [-0.25, -0.2) is 0 Å². The molecule has 0 fully saturated rings. The molecular formula is C44H33AuBr3N4. The topological polar surface area (TPSA) is 51.6 Å². The number of hydrogen-bond acceptors (Lipinski definition) is 4. The first-order chi connectivity index (χ1) is 25.0. The third kappa shape index (κ3) is 13.7. The second-order valence-electron chi connectivity index (χ2n) is 10.8. The summed E-state index contributed by atoms with van der Waals surface area (Å²) in [6.45, 7) is 0. The van der Waals surface area contributed by atoms with Crippen LogP contribution in [0.5, 0.6) is 0 Å². The maximum absolute atomic E-state index is 4.27. The Bertz CT molecular complexity index is 1950. The van der Waals surface area contributed by atoms with Gasteiger partial charge in [0, 0.05) is 82.8 Å². The molecule has 4 aromatic heterocycles. The van der Waals surface area contributed by atoms with Gasteiger partial charge in [-0.2, -0.15) is 0 Å². The molecule has 4 nitrogen and oxygen atoms in total. The van der Waals surface area contributed by atoms with Crippen molar-refractivity contribution in [2.24, 2.45) is 0 Å². The zero-order valence-corrected chi connectivity index (χ0v) is 34.7. The van der Waals surface area contributed by atoms with E-state index in [1.165, 1.54) is 0 Å². The van der Waals surface area contributed by atoms with Crippen molar-refractivity contribution < 1.29 is 22.4 Å². The maximum atomic E-state index is 4.27. The Morgan fingerprint density at radius 3 is 0.808 bits per heavy atom. The van der Waals surface area contributed by atoms with Crippen LogP contribution in [0.25, 0.3) is 45.0 Å². The zero-order valence-electron chi connectivity index (χ0n) is 27.8. The molecule has 1 radical (unpaired) electrons. The second kappa shape index (κ2) is 22.6. The first-order valence-electron chi connectivity index (χ1n) is 16.0. The number of pyridine rings is 4. The Labute approximate surface area is 346 Å². The quantitative estimate of drug-likeness (QED) is 0.165. The van der Waals surface area contributed by atoms with Crippen LogP contribution < -0.4 is 0 Å². The van der Waals surface area contributed by atoms with Crippen LogP contribution in [0.1, 0.15) is 0 Å². The van der Waals surface area contributed by atoms with Gasteiger partial charge < -0.3 is 0 Å². The van der Waals surface area contributed by atoms with E-state index in [-0.39, 0.29) is 22.4 Å². The van der Waals surface area contributed by atoms with E-state index in [0.717, 1.165) is 58.4 Å². The molecule has 0 N–H and O–H groups in total. The van der Waals surface area contributed by atoms with Crippen LogP contribution >= 0.6 is 47.8 Å². The Balaban J connectivity index is 0.000000154. The van der Waals surface area contributed by atoms with Crippen LogP contribution in [0.3, 0.4) is 0 Å². The van der Waals surface area contributed by atoms with Crippen molar-refractivity contribution in [2.75, 3.05) is 0 Å². The van der Waals surface area contributed by atoms with Gasteiger partial charge in [-0.15, -0.1) is 0 Å². The number of aromatic nitrogens is 4. The standard InChI is InChI=1S/3C11H8BrN.C11H9N.Au/c3*12-10-5-3-4-9(8-10)11-6-1-2-7-13-11;1-2-6-10(7-3-1)11-8-4-5-9-12-11;/h3*1-8H;1-9H;. The fraction of sp³-hybridized carbons (Fsp3) is 0. The van der Waals surface area contributed by atoms with E-state index >= 15 is 0 Å². The van der Waals surface area contributed by atoms with Crippen LogP contribution in [0.2, 0.25) is 0 Å². The van der Waals surface area contributed by atoms with E-state index in [1.807, 2.05) is 152 Å². The summed E-state index contributed by atoms with van der Waals surface area (Å²) in [5.74, 6) is 0. The maximum Gasteiger partial charge on any atom is 0.0702 e. The molecule has 0 saturated heterocycles. The molecule has 0 aliphatic carbocycles. The first-order valence-corrected chi connectivity index (χ1v) is 18.4. The first kappa shape index (κ1) is 40.4. The van der Waals surface area contributed by atoms with Crippen LogP contribution in [0.15, 0.2) is 214 Å². The molecule has 0 saturated carbocycles. The summed E-state index contributed by atoms with van der Waals surface area (Å²) in [6, 6.07) is 58.2. The van der Waals surface area contributed by atoms with Crippen molar-refractivity contribution in [3.8, 4) is 45.0 Å². The minimum atomic E-state index is 0. The zero-order chi connectivity index (χ0) is 35.5. The molecule has 0 amide bonds. The van der Waals surface area contributed by atoms with Crippen LogP contribution in [0.4, 0.5) is 0 Å². The molecule has 4 aromatic carbocycles. The Kier molecular flexibility index (Phi) is 17.5. The Morgan fingerprint density at radius 1 is 0.269 bits per heavy atom. The fourth-order valence-electron chi connectivity index (χ4n) is 4.69. The number of nitrogens with zero attached hydrogens (tertiary/aromatic N) is 4. The third-order valence-electron chi connectivity index (χ3n) is 7.09. The molecule has 8 aromatic rings. The molecule has 0 atom stereocenters. The summed E-state index contributed by atoms with van der Waals surface area (Å²) < 4.78 is 3.24. The molecule has 8 rings (SSSR count). The molecule has 8 heteroatoms. The summed E-state index contributed by atoms with van der Waals surface area (Å²) in [5, 5.41) is 0. The van der Waals surface area contributed by atoms with Gasteiger partial charge in [0.25, 0.3) is 0 Å². The molecule has 0 spiro atoms. The Morgan fingerprint density at radius 2 is 0.538 bits per heavy atom. The van der Waals surface area contributed by atoms with E-state index in [1.54, 1.807) is 18.6 Å². The summed E-state index contributed by atoms with van der Waals surface area (Å²) in [6.07, 6.45) is 7.21. The number of rotatable bonds is 4. The monoisotopic (exact) mass is 1050 g/mol. The van der Waals surface area contributed by atoms with Gasteiger partial charge in [-0.3, -0.25) is 19.9 Å². The summed E-state index contributed by atoms with van der Waals surface area (Å²) in [4.78, 5) is 17.1. The van der Waals surface area contributed by atoms with Crippen molar-refractivity contribution in [3.63, 3.8) is 0 Å². The van der Waals surface area contributed by atoms with Crippen LogP contribution in [-0.4, -0.2) is 19.9 Å². The third-order valence-corrected chi connectivity index (χ3v) is 8.57. The molecule has 52 heavy (non-hydrogen) atoms. The largest absolute Gasteiger partial charge is 0.256 e. The van der Waals surface area contributed by atoms with Crippen LogP contribution in [-0.2, 0) is 22.4 Å². The van der Waals surface area contributed by atoms with Gasteiger partial charge in [0.2, 0.25) is 0 Å². The summed E-state index contributed by atoms with van der Waals surface area (Å²) in [5.41, 5.74) is 8.60. The van der Waals surface area contributed by atoms with E-state index in [4.69, 9.17) is 0 Å². The van der Waals surface area contributed by atoms with Crippen molar-refractivity contribution >= 4 is 47.8 Å². The minimum absolute atomic E-state index is 0. The van der Waals surface area contributed by atoms with Crippen molar-refractivity contribution in [3.05, 3.63) is 214 Å². The fourth-order valence-corrected chi connectivity index (χ4v) is 5.88. The van der Waals surface area contributed by atoms with Gasteiger partial charge in [0.15, 0.2) is 0 Å². The molecular weight excluding hydrogens is 1020 g/mol. The second-order valence-corrected chi connectivity index (χ2v) is 13.5. The molecule has 0 bridgehead atoms. The van der Waals surface area contributed by atoms with E-state index < -0.39 is 0 Å². The normalized spacial score (nSPS) is 9.67. The predicted octanol–water partition coefficient (Wildman–Crippen LogP) is 13.3. The van der Waals surface area contributed by atoms with Crippen molar-refractivity contribution in [1.29, 1.82) is 0 Å². The van der Waals surface area contributed by atoms with E-state index in [2.05, 4.69) is 98.1 Å². The van der Waals surface area contributed by atoms with Gasteiger partial charge in [-0.05, 0) is 84.9 Å². The average molecular weight is 1050 g/mol. The van der Waals surface area contributed by atoms with Gasteiger partial charge >= 0.3 is 0 Å². The number of halogens is 3. The van der Waals surface area contributed by atoms with E-state index in [9.17, 15) is 0 Å². The average Bonchev–Trinajstić information content (AvgIpc) is 3.20. The van der Waals surface area contributed by atoms with Crippen molar-refractivity contribution in [2.45, 2.75) is 0 Å². The number of hydrogen-bond donors (Lipinski definition) is 0. The van der Waals surface area contributed by atoms with E-state index in [0.29, 0.717) is 0 Å². The smallest absolute Gasteiger partial charge is 0.0702 e. The molecule has 0 aliphatic heterocycles. The van der Waals surface area contributed by atoms with Gasteiger partial charge in [0.05, 0.1) is 22.8 Å². The van der Waals surface area contributed by atoms with Gasteiger partial charge in [-0.1, -0.05) is 139 Å². The predicted molar refractivity (Wildman–Crippen MR) is 222 cm³/mol. The minimum Gasteiger partial charge on any atom is -0.256 e. The van der Waals surface area contributed by atoms with Gasteiger partial charge in [0.1, 0.15) is 0 Å². The SMILES string of the molecule is Brc1cccc(-c2ccccn2)c1.Brc1cccc(-c2ccccn2)c1.Brc1cccc(-c2ccccn2)c1.[Au].c1ccc(-c2ccccn2)cc1. The van der Waals surface area contributed by atoms with Crippen molar-refractivity contribution in [1.82, 2.24) is 19.9 Å². The van der Waals surface area contributed by atoms with Crippen LogP contribution in [0, 0.1) is 0 Å². The molecule has 0 aliphatic rings. The summed E-state index contributed by atoms with van der Waals surface area (Å²) in [7, 11) is 0. The molecule has 4 heterocycles. The number of benzene rings is 4. The summed E-state index contributed by atoms with van der Waals surface area (Å²) >= 11 is 10.3. The molecule has 0 unspecified atom stereocenters.